The fourth-order valence-electron chi connectivity index (χ4n) is 2.89. The molecule has 0 atom stereocenters. The van der Waals surface area contributed by atoms with E-state index < -0.39 is 0 Å². The van der Waals surface area contributed by atoms with Crippen molar-refractivity contribution < 1.29 is 4.79 Å². The summed E-state index contributed by atoms with van der Waals surface area (Å²) in [6, 6.07) is 2.06. The van der Waals surface area contributed by atoms with E-state index in [-0.39, 0.29) is 12.1 Å². The summed E-state index contributed by atoms with van der Waals surface area (Å²) in [4.78, 5) is 14.4. The van der Waals surface area contributed by atoms with E-state index in [0.29, 0.717) is 18.9 Å². The molecule has 2 amide bonds. The molecule has 8 nitrogen and oxygen atoms in total. The van der Waals surface area contributed by atoms with Gasteiger partial charge in [0.1, 0.15) is 11.5 Å². The Hall–Kier alpha value is -2.64. The molecule has 3 rings (SSSR count). The predicted molar refractivity (Wildman–Crippen MR) is 96.2 cm³/mol. The van der Waals surface area contributed by atoms with Crippen LogP contribution in [0.4, 0.5) is 10.6 Å². The highest BCUT2D eigenvalue weighted by Crippen LogP contribution is 2.21. The first-order chi connectivity index (χ1) is 11.9. The maximum atomic E-state index is 12.5. The summed E-state index contributed by atoms with van der Waals surface area (Å²) in [5.41, 5.74) is 2.93. The minimum Gasteiger partial charge on any atom is -0.324 e. The molecule has 1 aliphatic rings. The summed E-state index contributed by atoms with van der Waals surface area (Å²) in [7, 11) is 1.82. The van der Waals surface area contributed by atoms with Crippen LogP contribution in [0.2, 0.25) is 0 Å². The normalized spacial score (nSPS) is 15.2. The molecule has 0 fully saturated rings. The molecule has 0 aromatic carbocycles. The van der Waals surface area contributed by atoms with Gasteiger partial charge in [-0.25, -0.2) is 9.48 Å². The number of nitrogens with one attached hydrogen (secondary N) is 1. The van der Waals surface area contributed by atoms with Crippen molar-refractivity contribution in [1.82, 2.24) is 29.7 Å². The van der Waals surface area contributed by atoms with E-state index in [2.05, 4.69) is 40.7 Å². The number of hydrogen-bond acceptors (Lipinski definition) is 4. The standard InChI is InChI=1S/C17H25N7O/c1-12(2)24-11-15(19-21-24)14-6-5-8-23(9-7-14)17(25)18-16-10-13(3)20-22(16)4/h6,10-12H,5,7-9H2,1-4H3,(H,18,25). The summed E-state index contributed by atoms with van der Waals surface area (Å²) >= 11 is 0. The highest BCUT2D eigenvalue weighted by atomic mass is 16.2. The summed E-state index contributed by atoms with van der Waals surface area (Å²) in [5, 5.41) is 15.6. The Bertz CT molecular complexity index is 787. The van der Waals surface area contributed by atoms with Gasteiger partial charge < -0.3 is 4.90 Å². The van der Waals surface area contributed by atoms with E-state index in [1.54, 1.807) is 4.68 Å². The number of carbonyl (C=O) groups is 1. The molecule has 0 spiro atoms. The predicted octanol–water partition coefficient (Wildman–Crippen LogP) is 2.61. The molecule has 1 N–H and O–H groups in total. The van der Waals surface area contributed by atoms with Crippen LogP contribution in [0.3, 0.4) is 0 Å². The van der Waals surface area contributed by atoms with Gasteiger partial charge in [-0.3, -0.25) is 10.00 Å². The third-order valence-electron chi connectivity index (χ3n) is 4.33. The Morgan fingerprint density at radius 3 is 2.76 bits per heavy atom. The molecule has 0 radical (unpaired) electrons. The molecule has 2 aromatic heterocycles. The van der Waals surface area contributed by atoms with Crippen molar-refractivity contribution in [3.05, 3.63) is 29.7 Å². The second kappa shape index (κ2) is 7.08. The van der Waals surface area contributed by atoms with Crippen LogP contribution in [-0.4, -0.2) is 48.8 Å². The first-order valence-electron chi connectivity index (χ1n) is 8.62. The molecule has 25 heavy (non-hydrogen) atoms. The van der Waals surface area contributed by atoms with Gasteiger partial charge in [0.2, 0.25) is 0 Å². The lowest BCUT2D eigenvalue weighted by Gasteiger charge is -2.20. The minimum absolute atomic E-state index is 0.0940. The number of urea groups is 1. The van der Waals surface area contributed by atoms with Crippen LogP contribution >= 0.6 is 0 Å². The summed E-state index contributed by atoms with van der Waals surface area (Å²) < 4.78 is 3.54. The minimum atomic E-state index is -0.0940. The van der Waals surface area contributed by atoms with Crippen LogP contribution in [-0.2, 0) is 7.05 Å². The largest absolute Gasteiger partial charge is 0.324 e. The highest BCUT2D eigenvalue weighted by molar-refractivity contribution is 5.88. The van der Waals surface area contributed by atoms with E-state index in [1.165, 1.54) is 0 Å². The van der Waals surface area contributed by atoms with Gasteiger partial charge >= 0.3 is 6.03 Å². The maximum absolute atomic E-state index is 12.5. The Balaban J connectivity index is 1.62. The molecule has 1 aliphatic heterocycles. The zero-order chi connectivity index (χ0) is 18.0. The third kappa shape index (κ3) is 3.89. The van der Waals surface area contributed by atoms with Gasteiger partial charge in [0.15, 0.2) is 0 Å². The van der Waals surface area contributed by atoms with E-state index in [1.807, 2.05) is 35.8 Å². The second-order valence-corrected chi connectivity index (χ2v) is 6.66. The van der Waals surface area contributed by atoms with Crippen molar-refractivity contribution in [1.29, 1.82) is 0 Å². The van der Waals surface area contributed by atoms with Gasteiger partial charge in [-0.2, -0.15) is 5.10 Å². The number of hydrogen-bond donors (Lipinski definition) is 1. The Morgan fingerprint density at radius 2 is 2.12 bits per heavy atom. The lowest BCUT2D eigenvalue weighted by Crippen LogP contribution is -2.36. The Kier molecular flexibility index (Phi) is 4.87. The molecule has 0 unspecified atom stereocenters. The van der Waals surface area contributed by atoms with Crippen molar-refractivity contribution in [2.75, 3.05) is 18.4 Å². The van der Waals surface area contributed by atoms with Crippen LogP contribution < -0.4 is 5.32 Å². The summed E-state index contributed by atoms with van der Waals surface area (Å²) in [6.45, 7) is 7.40. The van der Waals surface area contributed by atoms with E-state index in [9.17, 15) is 4.79 Å². The first kappa shape index (κ1) is 17.2. The van der Waals surface area contributed by atoms with Crippen LogP contribution in [0.5, 0.6) is 0 Å². The first-order valence-corrected chi connectivity index (χ1v) is 8.62. The zero-order valence-corrected chi connectivity index (χ0v) is 15.2. The van der Waals surface area contributed by atoms with Gasteiger partial charge in [0.25, 0.3) is 0 Å². The second-order valence-electron chi connectivity index (χ2n) is 6.66. The average Bonchev–Trinajstić information content (AvgIpc) is 3.07. The Labute approximate surface area is 147 Å². The summed E-state index contributed by atoms with van der Waals surface area (Å²) in [6.07, 6.45) is 5.72. The molecule has 0 aliphatic carbocycles. The van der Waals surface area contributed by atoms with Gasteiger partial charge in [-0.15, -0.1) is 5.10 Å². The van der Waals surface area contributed by atoms with E-state index >= 15 is 0 Å². The quantitative estimate of drug-likeness (QED) is 0.929. The lowest BCUT2D eigenvalue weighted by molar-refractivity contribution is 0.214. The summed E-state index contributed by atoms with van der Waals surface area (Å²) in [5.74, 6) is 0.708. The number of carbonyl (C=O) groups excluding carboxylic acids is 1. The number of nitrogens with zero attached hydrogens (tertiary/aromatic N) is 6. The van der Waals surface area contributed by atoms with Gasteiger partial charge in [0.05, 0.1) is 11.9 Å². The molecule has 2 aromatic rings. The fourth-order valence-corrected chi connectivity index (χ4v) is 2.89. The molecule has 0 saturated heterocycles. The molecule has 0 saturated carbocycles. The van der Waals surface area contributed by atoms with E-state index in [0.717, 1.165) is 29.8 Å². The zero-order valence-electron chi connectivity index (χ0n) is 15.2. The molecular formula is C17H25N7O. The SMILES string of the molecule is Cc1cc(NC(=O)N2CCC=C(c3cn(C(C)C)nn3)CC2)n(C)n1. The van der Waals surface area contributed by atoms with Crippen molar-refractivity contribution in [2.24, 2.45) is 7.05 Å². The van der Waals surface area contributed by atoms with Gasteiger partial charge in [-0.05, 0) is 39.2 Å². The van der Waals surface area contributed by atoms with Crippen LogP contribution in [0.15, 0.2) is 18.3 Å². The Morgan fingerprint density at radius 1 is 1.32 bits per heavy atom. The number of amides is 2. The van der Waals surface area contributed by atoms with Gasteiger partial charge in [-0.1, -0.05) is 11.3 Å². The third-order valence-corrected chi connectivity index (χ3v) is 4.33. The topological polar surface area (TPSA) is 80.9 Å². The smallest absolute Gasteiger partial charge is 0.323 e. The molecule has 3 heterocycles. The number of rotatable bonds is 3. The molecule has 134 valence electrons. The highest BCUT2D eigenvalue weighted by Gasteiger charge is 2.19. The van der Waals surface area contributed by atoms with Crippen molar-refractivity contribution in [2.45, 2.75) is 39.7 Å². The molecule has 8 heteroatoms. The molecule has 0 bridgehead atoms. The number of aryl methyl sites for hydroxylation is 2. The lowest BCUT2D eigenvalue weighted by atomic mass is 10.1. The van der Waals surface area contributed by atoms with Crippen molar-refractivity contribution in [3.8, 4) is 0 Å². The van der Waals surface area contributed by atoms with Crippen molar-refractivity contribution in [3.63, 3.8) is 0 Å². The number of aromatic nitrogens is 5. The van der Waals surface area contributed by atoms with Crippen molar-refractivity contribution >= 4 is 17.4 Å². The van der Waals surface area contributed by atoms with Crippen LogP contribution in [0.1, 0.15) is 44.1 Å². The van der Waals surface area contributed by atoms with E-state index in [4.69, 9.17) is 0 Å². The fraction of sp³-hybridized carbons (Fsp3) is 0.529. The molecular weight excluding hydrogens is 318 g/mol. The van der Waals surface area contributed by atoms with Crippen LogP contribution in [0, 0.1) is 6.92 Å². The average molecular weight is 343 g/mol. The monoisotopic (exact) mass is 343 g/mol. The van der Waals surface area contributed by atoms with Crippen LogP contribution in [0.25, 0.3) is 5.57 Å². The van der Waals surface area contributed by atoms with Gasteiger partial charge in [0, 0.05) is 32.2 Å². The number of anilines is 1. The maximum Gasteiger partial charge on any atom is 0.323 e.